The summed E-state index contributed by atoms with van der Waals surface area (Å²) in [6.07, 6.45) is 15.1. The predicted octanol–water partition coefficient (Wildman–Crippen LogP) is 6.26. The first-order valence-electron chi connectivity index (χ1n) is 23.3. The monoisotopic (exact) mass is 913 g/mol. The minimum Gasteiger partial charge on any atom is -0.494 e. The molecule has 5 aliphatic rings. The molecule has 5 heterocycles. The third-order valence-electron chi connectivity index (χ3n) is 14.0. The number of halogens is 2. The number of amides is 1. The molecule has 15 nitrogen and oxygen atoms in total. The van der Waals surface area contributed by atoms with Gasteiger partial charge in [0, 0.05) is 51.4 Å². The molecule has 4 atom stereocenters. The van der Waals surface area contributed by atoms with Crippen molar-refractivity contribution in [2.75, 3.05) is 76.5 Å². The molecule has 3 saturated heterocycles. The van der Waals surface area contributed by atoms with Crippen molar-refractivity contribution in [1.29, 1.82) is 0 Å². The van der Waals surface area contributed by atoms with Gasteiger partial charge in [-0.3, -0.25) is 9.59 Å². The molecule has 0 unspecified atom stereocenters. The number of aliphatic hydroxyl groups excluding tert-OH is 1. The fourth-order valence-electron chi connectivity index (χ4n) is 9.85. The Kier molecular flexibility index (Phi) is 15.3. The van der Waals surface area contributed by atoms with Crippen molar-refractivity contribution in [3.8, 4) is 23.0 Å². The van der Waals surface area contributed by atoms with Gasteiger partial charge >= 0.3 is 5.97 Å². The van der Waals surface area contributed by atoms with Gasteiger partial charge in [-0.15, -0.1) is 0 Å². The number of rotatable bonds is 18. The normalized spacial score (nSPS) is 21.9. The number of aromatic nitrogens is 4. The maximum Gasteiger partial charge on any atom is 0.307 e. The van der Waals surface area contributed by atoms with Crippen molar-refractivity contribution in [2.45, 2.75) is 70.3 Å². The molecule has 0 spiro atoms. The molecule has 17 heteroatoms. The fourth-order valence-corrected chi connectivity index (χ4v) is 9.85. The van der Waals surface area contributed by atoms with Gasteiger partial charge in [-0.2, -0.15) is 0 Å². The van der Waals surface area contributed by atoms with Crippen LogP contribution < -0.4 is 28.7 Å². The van der Waals surface area contributed by atoms with Crippen LogP contribution in [0.4, 0.5) is 20.7 Å². The van der Waals surface area contributed by atoms with Gasteiger partial charge in [-0.05, 0) is 110 Å². The molecule has 66 heavy (non-hydrogen) atoms. The average Bonchev–Trinajstić information content (AvgIpc) is 4.27. The highest BCUT2D eigenvalue weighted by Gasteiger charge is 2.44. The third-order valence-corrected chi connectivity index (χ3v) is 14.0. The van der Waals surface area contributed by atoms with Gasteiger partial charge in [0.25, 0.3) is 0 Å². The first kappa shape index (κ1) is 46.7. The first-order valence-corrected chi connectivity index (χ1v) is 23.3. The highest BCUT2D eigenvalue weighted by Crippen LogP contribution is 2.51. The zero-order chi connectivity index (χ0) is 46.2. The van der Waals surface area contributed by atoms with Gasteiger partial charge in [0.2, 0.25) is 17.8 Å². The van der Waals surface area contributed by atoms with Crippen molar-refractivity contribution in [1.82, 2.24) is 24.8 Å². The smallest absolute Gasteiger partial charge is 0.307 e. The summed E-state index contributed by atoms with van der Waals surface area (Å²) in [5, 5.41) is 18.1. The number of β-amino-alcohol motifs (C(OH)–C–C–N with tert-alkyl or cyclic N) is 1. The number of hydrogen-bond acceptors (Lipinski definition) is 13. The number of methoxy groups -OCH3 is 2. The Bertz CT molecular complexity index is 2240. The van der Waals surface area contributed by atoms with Crippen LogP contribution in [-0.4, -0.2) is 120 Å². The zero-order valence-electron chi connectivity index (χ0n) is 37.8. The first-order chi connectivity index (χ1) is 32.0. The van der Waals surface area contributed by atoms with Crippen LogP contribution in [0.2, 0.25) is 0 Å². The number of aliphatic carboxylic acids is 1. The number of carbonyl (C=O) groups excluding carboxylic acids is 1. The number of piperidine rings is 2. The van der Waals surface area contributed by atoms with E-state index in [1.165, 1.54) is 35.9 Å². The number of nitrogens with zero attached hydrogens (tertiary/aromatic N) is 7. The minimum atomic E-state index is -1.05. The third kappa shape index (κ3) is 12.3. The minimum absolute atomic E-state index is 0.00595. The van der Waals surface area contributed by atoms with Gasteiger partial charge in [0.1, 0.15) is 23.1 Å². The summed E-state index contributed by atoms with van der Waals surface area (Å²) >= 11 is 0. The van der Waals surface area contributed by atoms with E-state index in [0.29, 0.717) is 66.7 Å². The molecule has 2 aromatic heterocycles. The SMILES string of the molecule is COc1cnc(N2CCC([C@H]3C[C@H]3CCOc3ccc(CC(=O)N4CC(O)C4)c(F)c3)CC2)nc1.COc1cnc(N2CCC([C@H]3C[C@H]3CCOc3ccc(CC(=O)O)c(F)c3)CC2)nc1. The van der Waals surface area contributed by atoms with Crippen LogP contribution in [0.5, 0.6) is 23.0 Å². The fraction of sp³-hybridized carbons (Fsp3) is 0.551. The summed E-state index contributed by atoms with van der Waals surface area (Å²) in [5.41, 5.74) is 0.533. The average molecular weight is 914 g/mol. The van der Waals surface area contributed by atoms with Gasteiger partial charge in [-0.1, -0.05) is 12.1 Å². The second-order valence-electron chi connectivity index (χ2n) is 18.3. The van der Waals surface area contributed by atoms with E-state index in [2.05, 4.69) is 29.7 Å². The highest BCUT2D eigenvalue weighted by molar-refractivity contribution is 5.79. The summed E-state index contributed by atoms with van der Waals surface area (Å²) in [5.74, 6) is 5.98. The Labute approximate surface area is 384 Å². The predicted molar refractivity (Wildman–Crippen MR) is 241 cm³/mol. The van der Waals surface area contributed by atoms with Crippen LogP contribution in [-0.2, 0) is 22.4 Å². The Balaban J connectivity index is 0.000000181. The highest BCUT2D eigenvalue weighted by atomic mass is 19.1. The van der Waals surface area contributed by atoms with Crippen LogP contribution in [0.15, 0.2) is 61.2 Å². The standard InChI is InChI=1S/C26H33FN4O4.C23H28FN3O4/c1-34-22-13-28-26(29-14-22)30-7-4-17(5-8-30)23-10-18(23)6-9-35-21-3-2-19(24(27)12-21)11-25(33)31-15-20(32)16-31;1-30-19-13-25-23(26-14-19)27-7-4-15(5-8-27)20-10-16(20)6-9-31-18-3-2-17(11-22(28)29)21(24)12-18/h2-3,12-14,17-18,20,23,32H,4-11,15-16H2,1H3;2-3,12-16,20H,4-11H2,1H3,(H,28,29)/t18-,23-;16-,20-/m11/s1. The van der Waals surface area contributed by atoms with Crippen LogP contribution in [0.1, 0.15) is 62.5 Å². The summed E-state index contributed by atoms with van der Waals surface area (Å²) in [6.45, 7) is 5.68. The number of carbonyl (C=O) groups is 2. The molecule has 354 valence electrons. The van der Waals surface area contributed by atoms with E-state index in [4.69, 9.17) is 24.1 Å². The van der Waals surface area contributed by atoms with Gasteiger partial charge < -0.3 is 43.9 Å². The Morgan fingerprint density at radius 1 is 0.652 bits per heavy atom. The molecule has 9 rings (SSSR count). The second kappa shape index (κ2) is 21.6. The van der Waals surface area contributed by atoms with E-state index < -0.39 is 23.7 Å². The molecule has 0 radical (unpaired) electrons. The van der Waals surface area contributed by atoms with Crippen molar-refractivity contribution >= 4 is 23.8 Å². The lowest BCUT2D eigenvalue weighted by Crippen LogP contribution is -2.54. The van der Waals surface area contributed by atoms with Crippen molar-refractivity contribution in [3.63, 3.8) is 0 Å². The molecule has 2 N–H and O–H groups in total. The topological polar surface area (TPSA) is 173 Å². The van der Waals surface area contributed by atoms with Crippen molar-refractivity contribution in [3.05, 3.63) is 83.9 Å². The Hall–Kier alpha value is -5.84. The molecule has 5 fully saturated rings. The molecular formula is C49H61F2N7O8. The van der Waals surface area contributed by atoms with E-state index >= 15 is 0 Å². The van der Waals surface area contributed by atoms with Crippen molar-refractivity contribution < 1.29 is 47.5 Å². The molecular weight excluding hydrogens is 853 g/mol. The van der Waals surface area contributed by atoms with Crippen LogP contribution in [0.25, 0.3) is 0 Å². The molecule has 2 aliphatic carbocycles. The maximum absolute atomic E-state index is 14.4. The van der Waals surface area contributed by atoms with Crippen molar-refractivity contribution in [2.24, 2.45) is 35.5 Å². The second-order valence-corrected chi connectivity index (χ2v) is 18.3. The maximum atomic E-state index is 14.4. The lowest BCUT2D eigenvalue weighted by atomic mass is 9.90. The molecule has 0 bridgehead atoms. The van der Waals surface area contributed by atoms with E-state index in [-0.39, 0.29) is 24.3 Å². The van der Waals surface area contributed by atoms with E-state index in [1.54, 1.807) is 57.2 Å². The number of hydrogen-bond donors (Lipinski definition) is 2. The number of benzene rings is 2. The lowest BCUT2D eigenvalue weighted by Gasteiger charge is -2.35. The van der Waals surface area contributed by atoms with E-state index in [1.807, 2.05) is 0 Å². The number of carboxylic acid groups (broad SMARTS) is 1. The summed E-state index contributed by atoms with van der Waals surface area (Å²) in [6, 6.07) is 9.13. The molecule has 1 amide bonds. The number of anilines is 2. The summed E-state index contributed by atoms with van der Waals surface area (Å²) in [7, 11) is 3.22. The van der Waals surface area contributed by atoms with Gasteiger partial charge in [0.15, 0.2) is 11.5 Å². The molecule has 3 aliphatic heterocycles. The van der Waals surface area contributed by atoms with Gasteiger partial charge in [0.05, 0.1) is 71.2 Å². The van der Waals surface area contributed by atoms with Crippen LogP contribution in [0.3, 0.4) is 0 Å². The Morgan fingerprint density at radius 3 is 1.45 bits per heavy atom. The van der Waals surface area contributed by atoms with Crippen LogP contribution in [0, 0.1) is 47.1 Å². The quantitative estimate of drug-likeness (QED) is 0.115. The zero-order valence-corrected chi connectivity index (χ0v) is 37.8. The number of carboxylic acids is 1. The largest absolute Gasteiger partial charge is 0.494 e. The Morgan fingerprint density at radius 2 is 1.08 bits per heavy atom. The molecule has 2 saturated carbocycles. The molecule has 2 aromatic carbocycles. The lowest BCUT2D eigenvalue weighted by molar-refractivity contribution is -0.140. The van der Waals surface area contributed by atoms with E-state index in [0.717, 1.165) is 100 Å². The summed E-state index contributed by atoms with van der Waals surface area (Å²) in [4.78, 5) is 46.4. The van der Waals surface area contributed by atoms with Gasteiger partial charge in [-0.25, -0.2) is 28.7 Å². The number of aliphatic hydroxyl groups is 1. The number of ether oxygens (including phenoxy) is 4. The van der Waals surface area contributed by atoms with Crippen LogP contribution >= 0.6 is 0 Å². The number of likely N-dealkylation sites (tertiary alicyclic amines) is 1. The molecule has 4 aromatic rings. The summed E-state index contributed by atoms with van der Waals surface area (Å²) < 4.78 is 50.2. The van der Waals surface area contributed by atoms with E-state index in [9.17, 15) is 23.5 Å².